The number of carboxylic acid groups (broad SMARTS) is 2. The molecule has 3 rings (SSSR count). The maximum Gasteiger partial charge on any atom is 0.326 e. The molecule has 0 fully saturated rings. The van der Waals surface area contributed by atoms with Crippen molar-refractivity contribution in [2.24, 2.45) is 11.5 Å². The minimum atomic E-state index is -1.72. The van der Waals surface area contributed by atoms with Crippen molar-refractivity contribution in [3.05, 3.63) is 54.2 Å². The van der Waals surface area contributed by atoms with E-state index in [0.29, 0.717) is 30.6 Å². The van der Waals surface area contributed by atoms with E-state index in [9.17, 15) is 29.1 Å². The summed E-state index contributed by atoms with van der Waals surface area (Å²) in [6.45, 7) is 0.368. The van der Waals surface area contributed by atoms with Gasteiger partial charge in [0.15, 0.2) is 0 Å². The molecule has 15 heteroatoms. The number of nitrogens with one attached hydrogen (secondary N) is 5. The lowest BCUT2D eigenvalue weighted by molar-refractivity contribution is -0.147. The molecule has 0 bridgehead atoms. The van der Waals surface area contributed by atoms with Gasteiger partial charge in [0.25, 0.3) is 0 Å². The van der Waals surface area contributed by atoms with Crippen LogP contribution in [0.1, 0.15) is 36.9 Å². The molecule has 0 spiro atoms. The van der Waals surface area contributed by atoms with Gasteiger partial charge in [-0.25, -0.2) is 9.78 Å². The first-order valence-electron chi connectivity index (χ1n) is 13.4. The summed E-state index contributed by atoms with van der Waals surface area (Å²) in [7, 11) is 0. The van der Waals surface area contributed by atoms with Gasteiger partial charge < -0.3 is 47.6 Å². The van der Waals surface area contributed by atoms with Gasteiger partial charge >= 0.3 is 11.9 Å². The van der Waals surface area contributed by atoms with Crippen LogP contribution in [0.15, 0.2) is 43.0 Å². The van der Waals surface area contributed by atoms with Crippen molar-refractivity contribution in [3.63, 3.8) is 0 Å². The molecule has 0 aliphatic rings. The summed E-state index contributed by atoms with van der Waals surface area (Å²) in [4.78, 5) is 72.3. The smallest absolute Gasteiger partial charge is 0.326 e. The first kappa shape index (κ1) is 31.8. The standard InChI is InChI=1S/C27H36N8O7/c28-8-4-3-7-20(33-24(38)18(29)10-16-13-30-14-32-16)25(39)34-21(26(40)35-22(27(41)42)11-23(36)37)9-15-12-31-19-6-2-1-5-17(15)19/h1-2,5-6,12-14,18,20-22,31H,3-4,7-11,28-29H2,(H,30,32)(H,33,38)(H,34,39)(H,35,40)(H,36,37)(H,41,42). The van der Waals surface area contributed by atoms with Crippen molar-refractivity contribution in [1.82, 2.24) is 30.9 Å². The van der Waals surface area contributed by atoms with Crippen LogP contribution in [0.3, 0.4) is 0 Å². The first-order chi connectivity index (χ1) is 20.1. The van der Waals surface area contributed by atoms with Crippen LogP contribution in [0.4, 0.5) is 0 Å². The molecule has 0 radical (unpaired) electrons. The predicted octanol–water partition coefficient (Wildman–Crippen LogP) is -0.854. The third-order valence-corrected chi connectivity index (χ3v) is 6.64. The number of amides is 3. The third-order valence-electron chi connectivity index (χ3n) is 6.64. The zero-order chi connectivity index (χ0) is 30.6. The Morgan fingerprint density at radius 3 is 2.24 bits per heavy atom. The van der Waals surface area contributed by atoms with Gasteiger partial charge in [-0.3, -0.25) is 19.2 Å². The van der Waals surface area contributed by atoms with Gasteiger partial charge in [0.2, 0.25) is 17.7 Å². The summed E-state index contributed by atoms with van der Waals surface area (Å²) >= 11 is 0. The fourth-order valence-electron chi connectivity index (χ4n) is 4.42. The number of aromatic nitrogens is 3. The highest BCUT2D eigenvalue weighted by Crippen LogP contribution is 2.19. The Hall–Kier alpha value is -4.76. The third kappa shape index (κ3) is 9.14. The van der Waals surface area contributed by atoms with Crippen LogP contribution in [0, 0.1) is 0 Å². The minimum Gasteiger partial charge on any atom is -0.481 e. The quantitative estimate of drug-likeness (QED) is 0.0887. The molecule has 15 nitrogen and oxygen atoms in total. The lowest BCUT2D eigenvalue weighted by Gasteiger charge is -2.25. The molecule has 2 heterocycles. The van der Waals surface area contributed by atoms with Gasteiger partial charge in [0.05, 0.1) is 18.8 Å². The van der Waals surface area contributed by atoms with E-state index in [2.05, 4.69) is 30.9 Å². The fourth-order valence-corrected chi connectivity index (χ4v) is 4.42. The average Bonchev–Trinajstić information content (AvgIpc) is 3.61. The minimum absolute atomic E-state index is 0.0518. The molecule has 3 amide bonds. The number of nitrogens with two attached hydrogens (primary N) is 2. The van der Waals surface area contributed by atoms with Crippen LogP contribution in [0.25, 0.3) is 10.9 Å². The largest absolute Gasteiger partial charge is 0.481 e. The Morgan fingerprint density at radius 1 is 0.881 bits per heavy atom. The predicted molar refractivity (Wildman–Crippen MR) is 151 cm³/mol. The Balaban J connectivity index is 1.82. The number of carbonyl (C=O) groups is 5. The van der Waals surface area contributed by atoms with Crippen LogP contribution < -0.4 is 27.4 Å². The number of nitrogens with zero attached hydrogens (tertiary/aromatic N) is 1. The number of aromatic amines is 2. The second-order valence-corrected chi connectivity index (χ2v) is 9.86. The molecule has 226 valence electrons. The van der Waals surface area contributed by atoms with E-state index in [1.54, 1.807) is 12.3 Å². The molecule has 0 saturated carbocycles. The van der Waals surface area contributed by atoms with Gasteiger partial charge in [0, 0.05) is 41.8 Å². The number of benzene rings is 1. The summed E-state index contributed by atoms with van der Waals surface area (Å²) in [6, 6.07) is 2.17. The number of rotatable bonds is 17. The Labute approximate surface area is 240 Å². The van der Waals surface area contributed by atoms with E-state index >= 15 is 0 Å². The van der Waals surface area contributed by atoms with E-state index in [0.717, 1.165) is 10.9 Å². The maximum atomic E-state index is 13.5. The lowest BCUT2D eigenvalue weighted by Crippen LogP contribution is -2.58. The van der Waals surface area contributed by atoms with E-state index in [4.69, 9.17) is 16.6 Å². The van der Waals surface area contributed by atoms with Gasteiger partial charge in [0.1, 0.15) is 18.1 Å². The number of aliphatic carboxylic acids is 2. The van der Waals surface area contributed by atoms with E-state index in [1.165, 1.54) is 12.5 Å². The molecular weight excluding hydrogens is 548 g/mol. The molecule has 3 aromatic rings. The van der Waals surface area contributed by atoms with Gasteiger partial charge in [-0.05, 0) is 37.4 Å². The van der Waals surface area contributed by atoms with Crippen LogP contribution in [0.2, 0.25) is 0 Å². The van der Waals surface area contributed by atoms with Crippen LogP contribution in [-0.4, -0.2) is 85.5 Å². The van der Waals surface area contributed by atoms with Crippen molar-refractivity contribution in [3.8, 4) is 0 Å². The monoisotopic (exact) mass is 584 g/mol. The summed E-state index contributed by atoms with van der Waals surface area (Å²) in [5, 5.41) is 26.8. The van der Waals surface area contributed by atoms with Crippen LogP contribution >= 0.6 is 0 Å². The lowest BCUT2D eigenvalue weighted by atomic mass is 10.0. The Bertz CT molecular complexity index is 1370. The number of carboxylic acids is 2. The SMILES string of the molecule is NCCCCC(NC(=O)C(N)Cc1cnc[nH]1)C(=O)NC(Cc1c[nH]c2ccccc12)C(=O)NC(CC(=O)O)C(=O)O. The maximum absolute atomic E-state index is 13.5. The number of H-pyrrole nitrogens is 2. The summed E-state index contributed by atoms with van der Waals surface area (Å²) in [6.07, 6.45) is 5.15. The Morgan fingerprint density at radius 2 is 1.57 bits per heavy atom. The first-order valence-corrected chi connectivity index (χ1v) is 13.4. The highest BCUT2D eigenvalue weighted by Gasteiger charge is 2.31. The van der Waals surface area contributed by atoms with E-state index in [-0.39, 0.29) is 19.3 Å². The molecule has 0 aliphatic heterocycles. The van der Waals surface area contributed by atoms with Crippen molar-refractivity contribution in [2.45, 2.75) is 62.7 Å². The summed E-state index contributed by atoms with van der Waals surface area (Å²) < 4.78 is 0. The summed E-state index contributed by atoms with van der Waals surface area (Å²) in [5.41, 5.74) is 13.7. The second kappa shape index (κ2) is 15.3. The summed E-state index contributed by atoms with van der Waals surface area (Å²) in [5.74, 6) is -5.15. The number of carbonyl (C=O) groups excluding carboxylic acids is 3. The van der Waals surface area contributed by atoms with E-state index in [1.807, 2.05) is 18.2 Å². The topological polar surface area (TPSA) is 258 Å². The van der Waals surface area contributed by atoms with E-state index < -0.39 is 60.2 Å². The zero-order valence-corrected chi connectivity index (χ0v) is 22.8. The number of fused-ring (bicyclic) bond motifs is 1. The normalized spacial score (nSPS) is 14.0. The molecule has 42 heavy (non-hydrogen) atoms. The number of hydrogen-bond acceptors (Lipinski definition) is 8. The van der Waals surface area contributed by atoms with Crippen molar-refractivity contribution in [2.75, 3.05) is 6.54 Å². The fraction of sp³-hybridized carbons (Fsp3) is 0.407. The van der Waals surface area contributed by atoms with Crippen molar-refractivity contribution < 1.29 is 34.2 Å². The molecule has 4 atom stereocenters. The highest BCUT2D eigenvalue weighted by molar-refractivity contribution is 5.95. The van der Waals surface area contributed by atoms with Gasteiger partial charge in [-0.1, -0.05) is 18.2 Å². The zero-order valence-electron chi connectivity index (χ0n) is 22.8. The molecule has 11 N–H and O–H groups in total. The number of hydrogen-bond donors (Lipinski definition) is 9. The van der Waals surface area contributed by atoms with Crippen molar-refractivity contribution >= 4 is 40.6 Å². The van der Waals surface area contributed by atoms with Gasteiger partial charge in [-0.2, -0.15) is 0 Å². The van der Waals surface area contributed by atoms with Crippen molar-refractivity contribution in [1.29, 1.82) is 0 Å². The van der Waals surface area contributed by atoms with Crippen LogP contribution in [0.5, 0.6) is 0 Å². The average molecular weight is 585 g/mol. The Kier molecular flexibility index (Phi) is 11.6. The molecular formula is C27H36N8O7. The van der Waals surface area contributed by atoms with Gasteiger partial charge in [-0.15, -0.1) is 0 Å². The molecule has 0 aliphatic carbocycles. The molecule has 1 aromatic carbocycles. The molecule has 2 aromatic heterocycles. The molecule has 4 unspecified atom stereocenters. The number of imidazole rings is 1. The highest BCUT2D eigenvalue weighted by atomic mass is 16.4. The molecule has 0 saturated heterocycles. The number of unbranched alkanes of at least 4 members (excludes halogenated alkanes) is 1. The number of para-hydroxylation sites is 1. The van der Waals surface area contributed by atoms with Crippen LogP contribution in [-0.2, 0) is 36.8 Å². The second-order valence-electron chi connectivity index (χ2n) is 9.86.